The summed E-state index contributed by atoms with van der Waals surface area (Å²) in [4.78, 5) is 0. The first-order valence-electron chi connectivity index (χ1n) is 4.45. The fourth-order valence-electron chi connectivity index (χ4n) is 0.870. The first-order valence-corrected chi connectivity index (χ1v) is 4.45. The number of rotatable bonds is 3. The first-order chi connectivity index (χ1) is 5.83. The molecule has 0 aliphatic rings. The molecule has 0 radical (unpaired) electrons. The molecule has 0 aliphatic carbocycles. The quantitative estimate of drug-likeness (QED) is 0.737. The zero-order valence-electron chi connectivity index (χ0n) is 8.46. The van der Waals surface area contributed by atoms with Crippen LogP contribution in [-0.2, 0) is 13.5 Å². The van der Waals surface area contributed by atoms with Gasteiger partial charge in [0.1, 0.15) is 0 Å². The number of nitrogens with one attached hydrogen (secondary N) is 1. The van der Waals surface area contributed by atoms with E-state index < -0.39 is 0 Å². The van der Waals surface area contributed by atoms with Crippen molar-refractivity contribution in [2.45, 2.75) is 20.3 Å². The maximum Gasteiger partial charge on any atom is 0.0522 e. The maximum absolute atomic E-state index is 4.06. The van der Waals surface area contributed by atoms with E-state index in [1.54, 1.807) is 0 Å². The van der Waals surface area contributed by atoms with E-state index in [9.17, 15) is 0 Å². The lowest BCUT2D eigenvalue weighted by atomic mass is 10.2. The van der Waals surface area contributed by atoms with E-state index in [2.05, 4.69) is 10.4 Å². The van der Waals surface area contributed by atoms with Crippen LogP contribution in [0.1, 0.15) is 19.4 Å². The van der Waals surface area contributed by atoms with Crippen molar-refractivity contribution in [3.8, 4) is 0 Å². The van der Waals surface area contributed by atoms with Crippen molar-refractivity contribution in [3.63, 3.8) is 0 Å². The third-order valence-corrected chi connectivity index (χ3v) is 1.42. The summed E-state index contributed by atoms with van der Waals surface area (Å²) < 4.78 is 1.82. The van der Waals surface area contributed by atoms with Crippen molar-refractivity contribution in [3.05, 3.63) is 18.0 Å². The number of nitrogens with zero attached hydrogens (tertiary/aromatic N) is 2. The number of aromatic nitrogens is 2. The zero-order chi connectivity index (χ0) is 9.40. The van der Waals surface area contributed by atoms with Crippen molar-refractivity contribution in [2.24, 2.45) is 7.05 Å². The molecule has 3 nitrogen and oxygen atoms in total. The van der Waals surface area contributed by atoms with Gasteiger partial charge in [-0.3, -0.25) is 4.68 Å². The average Bonchev–Trinajstić information content (AvgIpc) is 2.51. The summed E-state index contributed by atoms with van der Waals surface area (Å²) in [5.41, 5.74) is 1.29. The molecule has 3 heteroatoms. The van der Waals surface area contributed by atoms with Gasteiger partial charge in [0.05, 0.1) is 6.20 Å². The molecule has 1 aromatic heterocycles. The van der Waals surface area contributed by atoms with Gasteiger partial charge in [-0.05, 0) is 25.6 Å². The molecule has 0 spiro atoms. The highest BCUT2D eigenvalue weighted by Gasteiger charge is 1.92. The van der Waals surface area contributed by atoms with E-state index in [1.807, 2.05) is 45.0 Å². The Balaban J connectivity index is 0.000000561. The van der Waals surface area contributed by atoms with Crippen molar-refractivity contribution in [1.82, 2.24) is 15.1 Å². The van der Waals surface area contributed by atoms with E-state index in [4.69, 9.17) is 0 Å². The standard InChI is InChI=1S/C7H13N3.C2H6/c1-8-4-3-7-5-9-10(2)6-7;1-2/h5-6,8H,3-4H2,1-2H3;1-2H3. The fraction of sp³-hybridized carbons (Fsp3) is 0.667. The topological polar surface area (TPSA) is 29.9 Å². The van der Waals surface area contributed by atoms with Crippen LogP contribution in [0.15, 0.2) is 12.4 Å². The monoisotopic (exact) mass is 169 g/mol. The molecule has 1 N–H and O–H groups in total. The Morgan fingerprint density at radius 1 is 1.50 bits per heavy atom. The Kier molecular flexibility index (Phi) is 6.38. The second kappa shape index (κ2) is 6.85. The van der Waals surface area contributed by atoms with Gasteiger partial charge in [0.25, 0.3) is 0 Å². The van der Waals surface area contributed by atoms with E-state index in [0.29, 0.717) is 0 Å². The van der Waals surface area contributed by atoms with Gasteiger partial charge < -0.3 is 5.32 Å². The first kappa shape index (κ1) is 11.2. The van der Waals surface area contributed by atoms with Crippen LogP contribution >= 0.6 is 0 Å². The van der Waals surface area contributed by atoms with Gasteiger partial charge in [0.15, 0.2) is 0 Å². The minimum atomic E-state index is 1.02. The van der Waals surface area contributed by atoms with Crippen LogP contribution in [0.25, 0.3) is 0 Å². The molecule has 0 amide bonds. The van der Waals surface area contributed by atoms with Crippen LogP contribution in [0.2, 0.25) is 0 Å². The van der Waals surface area contributed by atoms with Gasteiger partial charge >= 0.3 is 0 Å². The van der Waals surface area contributed by atoms with E-state index in [1.165, 1.54) is 5.56 Å². The normalized spacial score (nSPS) is 9.00. The van der Waals surface area contributed by atoms with Gasteiger partial charge in [-0.2, -0.15) is 5.10 Å². The Hall–Kier alpha value is -0.830. The average molecular weight is 169 g/mol. The summed E-state index contributed by atoms with van der Waals surface area (Å²) >= 11 is 0. The zero-order valence-corrected chi connectivity index (χ0v) is 8.46. The molecular weight excluding hydrogens is 150 g/mol. The summed E-state index contributed by atoms with van der Waals surface area (Å²) in [6, 6.07) is 0. The second-order valence-electron chi connectivity index (χ2n) is 2.38. The molecule has 12 heavy (non-hydrogen) atoms. The summed E-state index contributed by atoms with van der Waals surface area (Å²) in [6.07, 6.45) is 5.00. The van der Waals surface area contributed by atoms with Gasteiger partial charge in [-0.1, -0.05) is 13.8 Å². The predicted octanol–water partition coefficient (Wildman–Crippen LogP) is 1.21. The molecule has 1 heterocycles. The minimum absolute atomic E-state index is 1.02. The molecule has 1 rings (SSSR count). The number of aryl methyl sites for hydroxylation is 1. The van der Waals surface area contributed by atoms with Crippen LogP contribution in [0.4, 0.5) is 0 Å². The lowest BCUT2D eigenvalue weighted by Gasteiger charge is -1.92. The van der Waals surface area contributed by atoms with E-state index >= 15 is 0 Å². The van der Waals surface area contributed by atoms with Crippen LogP contribution in [0.5, 0.6) is 0 Å². The molecule has 1 aromatic rings. The van der Waals surface area contributed by atoms with E-state index in [0.717, 1.165) is 13.0 Å². The highest BCUT2D eigenvalue weighted by molar-refractivity contribution is 5.03. The van der Waals surface area contributed by atoms with Crippen LogP contribution in [0.3, 0.4) is 0 Å². The van der Waals surface area contributed by atoms with Gasteiger partial charge in [0, 0.05) is 13.2 Å². The molecule has 0 saturated carbocycles. The Morgan fingerprint density at radius 2 is 2.17 bits per heavy atom. The number of hydrogen-bond donors (Lipinski definition) is 1. The molecular formula is C9H19N3. The highest BCUT2D eigenvalue weighted by atomic mass is 15.2. The SMILES string of the molecule is CC.CNCCc1cnn(C)c1. The summed E-state index contributed by atoms with van der Waals surface area (Å²) in [5, 5.41) is 7.15. The fourth-order valence-corrected chi connectivity index (χ4v) is 0.870. The molecule has 70 valence electrons. The molecule has 0 aromatic carbocycles. The third kappa shape index (κ3) is 4.13. The second-order valence-corrected chi connectivity index (χ2v) is 2.38. The lowest BCUT2D eigenvalue weighted by Crippen LogP contribution is -2.09. The van der Waals surface area contributed by atoms with Crippen molar-refractivity contribution in [1.29, 1.82) is 0 Å². The van der Waals surface area contributed by atoms with Gasteiger partial charge in [0.2, 0.25) is 0 Å². The minimum Gasteiger partial charge on any atom is -0.319 e. The molecule has 0 bridgehead atoms. The lowest BCUT2D eigenvalue weighted by molar-refractivity contribution is 0.763. The van der Waals surface area contributed by atoms with Crippen LogP contribution in [-0.4, -0.2) is 23.4 Å². The van der Waals surface area contributed by atoms with Crippen molar-refractivity contribution in [2.75, 3.05) is 13.6 Å². The van der Waals surface area contributed by atoms with Gasteiger partial charge in [-0.15, -0.1) is 0 Å². The van der Waals surface area contributed by atoms with Crippen molar-refractivity contribution >= 4 is 0 Å². The maximum atomic E-state index is 4.06. The summed E-state index contributed by atoms with van der Waals surface area (Å²) in [5.74, 6) is 0. The van der Waals surface area contributed by atoms with Crippen molar-refractivity contribution < 1.29 is 0 Å². The summed E-state index contributed by atoms with van der Waals surface area (Å²) in [7, 11) is 3.89. The largest absolute Gasteiger partial charge is 0.319 e. The Bertz CT molecular complexity index is 193. The predicted molar refractivity (Wildman–Crippen MR) is 52.2 cm³/mol. The molecule has 0 unspecified atom stereocenters. The molecule has 0 fully saturated rings. The molecule has 0 atom stereocenters. The van der Waals surface area contributed by atoms with Crippen LogP contribution < -0.4 is 5.32 Å². The highest BCUT2D eigenvalue weighted by Crippen LogP contribution is 1.95. The smallest absolute Gasteiger partial charge is 0.0522 e. The number of likely N-dealkylation sites (N-methyl/N-ethyl adjacent to an activating group) is 1. The Labute approximate surface area is 74.8 Å². The molecule has 0 saturated heterocycles. The Morgan fingerprint density at radius 3 is 2.58 bits per heavy atom. The van der Waals surface area contributed by atoms with Crippen LogP contribution in [0, 0.1) is 0 Å². The number of hydrogen-bond acceptors (Lipinski definition) is 2. The third-order valence-electron chi connectivity index (χ3n) is 1.42. The summed E-state index contributed by atoms with van der Waals surface area (Å²) in [6.45, 7) is 5.02. The van der Waals surface area contributed by atoms with Gasteiger partial charge in [-0.25, -0.2) is 0 Å². The van der Waals surface area contributed by atoms with E-state index in [-0.39, 0.29) is 0 Å². The molecule has 0 aliphatic heterocycles.